The number of allylic oxidation sites excluding steroid dienone is 4. The van der Waals surface area contributed by atoms with Gasteiger partial charge in [-0.1, -0.05) is 92.1 Å². The Morgan fingerprint density at radius 2 is 1.35 bits per heavy atom. The Morgan fingerprint density at radius 1 is 0.826 bits per heavy atom. The van der Waals surface area contributed by atoms with Crippen molar-refractivity contribution < 1.29 is 0 Å². The van der Waals surface area contributed by atoms with Crippen LogP contribution in [0.5, 0.6) is 0 Å². The van der Waals surface area contributed by atoms with Gasteiger partial charge in [-0.05, 0) is 41.0 Å². The Balaban J connectivity index is 1.84. The lowest BCUT2D eigenvalue weighted by Crippen LogP contribution is -2.09. The van der Waals surface area contributed by atoms with Crippen LogP contribution in [0.25, 0.3) is 11.1 Å². The SMILES string of the molecule is CC1=C(C2c3ccccc3-c3ccccc32)CC(C(C)(C)C)=C1. The molecular weight excluding hydrogens is 276 g/mol. The van der Waals surface area contributed by atoms with Crippen molar-refractivity contribution in [3.05, 3.63) is 82.5 Å². The third-order valence-electron chi connectivity index (χ3n) is 5.42. The summed E-state index contributed by atoms with van der Waals surface area (Å²) >= 11 is 0. The van der Waals surface area contributed by atoms with E-state index in [0.717, 1.165) is 6.42 Å². The highest BCUT2D eigenvalue weighted by atomic mass is 14.4. The van der Waals surface area contributed by atoms with E-state index in [0.29, 0.717) is 5.92 Å². The molecule has 0 saturated heterocycles. The predicted molar refractivity (Wildman–Crippen MR) is 98.6 cm³/mol. The average Bonchev–Trinajstić information content (AvgIpc) is 3.05. The zero-order chi connectivity index (χ0) is 16.2. The maximum absolute atomic E-state index is 2.43. The lowest BCUT2D eigenvalue weighted by atomic mass is 9.81. The van der Waals surface area contributed by atoms with Crippen molar-refractivity contribution in [2.45, 2.75) is 40.0 Å². The van der Waals surface area contributed by atoms with Gasteiger partial charge in [0.05, 0.1) is 0 Å². The lowest BCUT2D eigenvalue weighted by molar-refractivity contribution is 0.492. The zero-order valence-corrected chi connectivity index (χ0v) is 14.5. The standard InChI is InChI=1S/C23H24/c1-15-13-16(23(2,3)4)14-21(15)22-19-11-7-5-9-17(19)18-10-6-8-12-20(18)22/h5-13,22H,14H2,1-4H3. The van der Waals surface area contributed by atoms with Gasteiger partial charge in [-0.25, -0.2) is 0 Å². The molecular formula is C23H24. The number of rotatable bonds is 1. The molecule has 0 N–H and O–H groups in total. The molecule has 0 bridgehead atoms. The van der Waals surface area contributed by atoms with Crippen molar-refractivity contribution in [2.75, 3.05) is 0 Å². The molecule has 0 saturated carbocycles. The Morgan fingerprint density at radius 3 is 1.83 bits per heavy atom. The minimum atomic E-state index is 0.251. The maximum Gasteiger partial charge on any atom is 0.0320 e. The van der Waals surface area contributed by atoms with Gasteiger partial charge in [0.2, 0.25) is 0 Å². The second-order valence-electron chi connectivity index (χ2n) is 7.91. The van der Waals surface area contributed by atoms with Crippen molar-refractivity contribution in [1.82, 2.24) is 0 Å². The van der Waals surface area contributed by atoms with E-state index < -0.39 is 0 Å². The van der Waals surface area contributed by atoms with Gasteiger partial charge in [-0.3, -0.25) is 0 Å². The molecule has 116 valence electrons. The molecule has 0 fully saturated rings. The molecule has 0 heteroatoms. The summed E-state index contributed by atoms with van der Waals surface area (Å²) in [6.45, 7) is 9.26. The Bertz CT molecular complexity index is 795. The van der Waals surface area contributed by atoms with Crippen LogP contribution in [0.3, 0.4) is 0 Å². The van der Waals surface area contributed by atoms with Crippen molar-refractivity contribution in [3.8, 4) is 11.1 Å². The van der Waals surface area contributed by atoms with Crippen LogP contribution in [0.15, 0.2) is 71.3 Å². The molecule has 2 aliphatic rings. The molecule has 0 nitrogen and oxygen atoms in total. The van der Waals surface area contributed by atoms with Gasteiger partial charge in [0.15, 0.2) is 0 Å². The summed E-state index contributed by atoms with van der Waals surface area (Å²) in [4.78, 5) is 0. The first kappa shape index (κ1) is 14.5. The molecule has 0 aliphatic heterocycles. The van der Waals surface area contributed by atoms with Crippen molar-refractivity contribution >= 4 is 0 Å². The summed E-state index contributed by atoms with van der Waals surface area (Å²) in [5.41, 5.74) is 10.7. The third-order valence-corrected chi connectivity index (χ3v) is 5.42. The normalized spacial score (nSPS) is 17.3. The molecule has 0 heterocycles. The van der Waals surface area contributed by atoms with Gasteiger partial charge < -0.3 is 0 Å². The molecule has 0 spiro atoms. The number of hydrogen-bond donors (Lipinski definition) is 0. The molecule has 2 aromatic rings. The largest absolute Gasteiger partial charge is 0.0619 e. The zero-order valence-electron chi connectivity index (χ0n) is 14.5. The molecule has 2 aromatic carbocycles. The summed E-state index contributed by atoms with van der Waals surface area (Å²) in [5.74, 6) is 0.429. The van der Waals surface area contributed by atoms with Gasteiger partial charge >= 0.3 is 0 Å². The lowest BCUT2D eigenvalue weighted by Gasteiger charge is -2.23. The summed E-state index contributed by atoms with van der Waals surface area (Å²) in [5, 5.41) is 0. The van der Waals surface area contributed by atoms with Crippen LogP contribution in [0.1, 0.15) is 51.2 Å². The average molecular weight is 300 g/mol. The van der Waals surface area contributed by atoms with Crippen molar-refractivity contribution in [1.29, 1.82) is 0 Å². The fraction of sp³-hybridized carbons (Fsp3) is 0.304. The van der Waals surface area contributed by atoms with E-state index in [1.54, 1.807) is 11.1 Å². The van der Waals surface area contributed by atoms with E-state index in [2.05, 4.69) is 82.3 Å². The van der Waals surface area contributed by atoms with Crippen LogP contribution in [0, 0.1) is 5.41 Å². The smallest absolute Gasteiger partial charge is 0.0320 e. The Labute approximate surface area is 139 Å². The highest BCUT2D eigenvalue weighted by molar-refractivity contribution is 5.81. The number of fused-ring (bicyclic) bond motifs is 3. The highest BCUT2D eigenvalue weighted by Gasteiger charge is 2.34. The van der Waals surface area contributed by atoms with Crippen LogP contribution in [0.4, 0.5) is 0 Å². The van der Waals surface area contributed by atoms with E-state index in [9.17, 15) is 0 Å². The van der Waals surface area contributed by atoms with Crippen LogP contribution in [-0.4, -0.2) is 0 Å². The minimum absolute atomic E-state index is 0.251. The minimum Gasteiger partial charge on any atom is -0.0619 e. The Kier molecular flexibility index (Phi) is 3.13. The Hall–Kier alpha value is -2.08. The number of benzene rings is 2. The van der Waals surface area contributed by atoms with Crippen LogP contribution in [0.2, 0.25) is 0 Å². The molecule has 4 rings (SSSR count). The van der Waals surface area contributed by atoms with E-state index in [4.69, 9.17) is 0 Å². The third kappa shape index (κ3) is 2.20. The molecule has 0 unspecified atom stereocenters. The molecule has 0 amide bonds. The first-order chi connectivity index (χ1) is 11.0. The fourth-order valence-electron chi connectivity index (χ4n) is 4.09. The molecule has 0 aromatic heterocycles. The first-order valence-corrected chi connectivity index (χ1v) is 8.56. The molecule has 2 aliphatic carbocycles. The second kappa shape index (κ2) is 4.96. The van der Waals surface area contributed by atoms with E-state index in [1.165, 1.54) is 27.8 Å². The quantitative estimate of drug-likeness (QED) is 0.564. The summed E-state index contributed by atoms with van der Waals surface area (Å²) in [6, 6.07) is 17.9. The van der Waals surface area contributed by atoms with Crippen LogP contribution >= 0.6 is 0 Å². The summed E-state index contributed by atoms with van der Waals surface area (Å²) in [6.07, 6.45) is 3.54. The van der Waals surface area contributed by atoms with E-state index in [-0.39, 0.29) is 5.41 Å². The molecule has 23 heavy (non-hydrogen) atoms. The fourth-order valence-corrected chi connectivity index (χ4v) is 4.09. The van der Waals surface area contributed by atoms with E-state index >= 15 is 0 Å². The van der Waals surface area contributed by atoms with Crippen molar-refractivity contribution in [2.24, 2.45) is 5.41 Å². The van der Waals surface area contributed by atoms with Gasteiger partial charge in [-0.15, -0.1) is 0 Å². The van der Waals surface area contributed by atoms with Gasteiger partial charge in [0.1, 0.15) is 0 Å². The van der Waals surface area contributed by atoms with Crippen LogP contribution < -0.4 is 0 Å². The molecule has 0 atom stereocenters. The summed E-state index contributed by atoms with van der Waals surface area (Å²) < 4.78 is 0. The topological polar surface area (TPSA) is 0 Å². The first-order valence-electron chi connectivity index (χ1n) is 8.56. The second-order valence-corrected chi connectivity index (χ2v) is 7.91. The monoisotopic (exact) mass is 300 g/mol. The molecule has 0 radical (unpaired) electrons. The summed E-state index contributed by atoms with van der Waals surface area (Å²) in [7, 11) is 0. The van der Waals surface area contributed by atoms with Crippen molar-refractivity contribution in [3.63, 3.8) is 0 Å². The van der Waals surface area contributed by atoms with Crippen LogP contribution in [-0.2, 0) is 0 Å². The number of hydrogen-bond acceptors (Lipinski definition) is 0. The van der Waals surface area contributed by atoms with Gasteiger partial charge in [-0.2, -0.15) is 0 Å². The predicted octanol–water partition coefficient (Wildman–Crippen LogP) is 6.49. The van der Waals surface area contributed by atoms with E-state index in [1.807, 2.05) is 0 Å². The maximum atomic E-state index is 2.43. The van der Waals surface area contributed by atoms with Gasteiger partial charge in [0.25, 0.3) is 0 Å². The highest BCUT2D eigenvalue weighted by Crippen LogP contribution is 2.52. The van der Waals surface area contributed by atoms with Gasteiger partial charge in [0, 0.05) is 5.92 Å².